The number of aryl methyl sites for hydroxylation is 1. The maximum atomic E-state index is 13.3. The van der Waals surface area contributed by atoms with Crippen LogP contribution in [0.2, 0.25) is 0 Å². The van der Waals surface area contributed by atoms with Crippen molar-refractivity contribution < 1.29 is 9.53 Å². The lowest BCUT2D eigenvalue weighted by molar-refractivity contribution is -0.125. The Morgan fingerprint density at radius 3 is 3.00 bits per heavy atom. The van der Waals surface area contributed by atoms with Crippen LogP contribution < -0.4 is 15.8 Å². The number of anilines is 1. The van der Waals surface area contributed by atoms with Gasteiger partial charge in [-0.15, -0.1) is 11.3 Å². The molecule has 9 nitrogen and oxygen atoms in total. The lowest BCUT2D eigenvalue weighted by atomic mass is 9.72. The number of rotatable bonds is 5. The molecule has 0 bridgehead atoms. The Hall–Kier alpha value is -3.03. The zero-order valence-electron chi connectivity index (χ0n) is 19.1. The number of fused-ring (bicyclic) bond motifs is 1. The number of nitrogen functional groups attached to an aromatic ring is 1. The fourth-order valence-corrected chi connectivity index (χ4v) is 6.15. The molecule has 0 spiro atoms. The largest absolute Gasteiger partial charge is 0.473 e. The zero-order valence-corrected chi connectivity index (χ0v) is 20.0. The van der Waals surface area contributed by atoms with E-state index in [2.05, 4.69) is 33.3 Å². The van der Waals surface area contributed by atoms with Gasteiger partial charge in [-0.05, 0) is 59.5 Å². The van der Waals surface area contributed by atoms with E-state index in [0.717, 1.165) is 37.1 Å². The van der Waals surface area contributed by atoms with Gasteiger partial charge in [-0.3, -0.25) is 15.1 Å². The quantitative estimate of drug-likeness (QED) is 0.453. The number of likely N-dealkylation sites (N-methyl/N-ethyl adjacent to an activating group) is 1. The number of amides is 1. The fourth-order valence-electron chi connectivity index (χ4n) is 4.96. The first-order valence-electron chi connectivity index (χ1n) is 11.2. The van der Waals surface area contributed by atoms with Gasteiger partial charge in [0.1, 0.15) is 17.2 Å². The maximum absolute atomic E-state index is 13.3. The number of amidine groups is 1. The maximum Gasteiger partial charge on any atom is 0.236 e. The summed E-state index contributed by atoms with van der Waals surface area (Å²) in [7, 11) is 2.09. The van der Waals surface area contributed by atoms with E-state index in [1.807, 2.05) is 6.92 Å². The Kier molecular flexibility index (Phi) is 6.36. The van der Waals surface area contributed by atoms with E-state index < -0.39 is 5.41 Å². The van der Waals surface area contributed by atoms with Crippen LogP contribution in [-0.2, 0) is 16.6 Å². The van der Waals surface area contributed by atoms with E-state index in [-0.39, 0.29) is 23.7 Å². The van der Waals surface area contributed by atoms with Gasteiger partial charge in [0, 0.05) is 28.7 Å². The highest BCUT2D eigenvalue weighted by Crippen LogP contribution is 2.45. The summed E-state index contributed by atoms with van der Waals surface area (Å²) in [5, 5.41) is 21.1. The van der Waals surface area contributed by atoms with Crippen LogP contribution in [0.5, 0.6) is 5.88 Å². The molecule has 4 rings (SSSR count). The molecular formula is C23H29N7O2S. The van der Waals surface area contributed by atoms with Gasteiger partial charge in [-0.1, -0.05) is 0 Å². The highest BCUT2D eigenvalue weighted by atomic mass is 32.1. The van der Waals surface area contributed by atoms with Crippen molar-refractivity contribution in [2.75, 3.05) is 19.3 Å². The molecular weight excluding hydrogens is 438 g/mol. The molecule has 0 aromatic carbocycles. The van der Waals surface area contributed by atoms with Crippen LogP contribution in [0.25, 0.3) is 0 Å². The molecule has 4 N–H and O–H groups in total. The van der Waals surface area contributed by atoms with Crippen LogP contribution in [0.3, 0.4) is 0 Å². The Morgan fingerprint density at radius 1 is 1.52 bits per heavy atom. The van der Waals surface area contributed by atoms with Crippen molar-refractivity contribution in [2.24, 2.45) is 0 Å². The van der Waals surface area contributed by atoms with Crippen molar-refractivity contribution in [3.63, 3.8) is 0 Å². The minimum atomic E-state index is -0.950. The van der Waals surface area contributed by atoms with Crippen LogP contribution in [-0.4, -0.2) is 52.3 Å². The molecule has 2 aromatic heterocycles. The third-order valence-electron chi connectivity index (χ3n) is 6.77. The number of thiophene rings is 1. The van der Waals surface area contributed by atoms with Gasteiger partial charge in [-0.25, -0.2) is 4.98 Å². The second-order valence-electron chi connectivity index (χ2n) is 9.00. The summed E-state index contributed by atoms with van der Waals surface area (Å²) in [6, 6.07) is 4.13. The van der Waals surface area contributed by atoms with Crippen molar-refractivity contribution in [1.82, 2.24) is 20.2 Å². The normalized spacial score (nSPS) is 23.4. The Bertz CT molecular complexity index is 1120. The van der Waals surface area contributed by atoms with Crippen LogP contribution in [0.1, 0.15) is 61.4 Å². The summed E-state index contributed by atoms with van der Waals surface area (Å²) >= 11 is 1.37. The van der Waals surface area contributed by atoms with Crippen LogP contribution in [0.15, 0.2) is 12.3 Å². The molecule has 3 atom stereocenters. The van der Waals surface area contributed by atoms with E-state index in [9.17, 15) is 10.1 Å². The predicted octanol–water partition coefficient (Wildman–Crippen LogP) is 2.59. The van der Waals surface area contributed by atoms with Crippen molar-refractivity contribution >= 4 is 28.1 Å². The van der Waals surface area contributed by atoms with Crippen LogP contribution >= 0.6 is 11.3 Å². The molecule has 10 heteroatoms. The third-order valence-corrected chi connectivity index (χ3v) is 7.85. The minimum absolute atomic E-state index is 0.0583. The first-order chi connectivity index (χ1) is 15.7. The molecule has 0 radical (unpaired) electrons. The number of nitrogens with one attached hydrogen (secondary N) is 2. The molecule has 33 heavy (non-hydrogen) atoms. The number of hydrogen-bond donors (Lipinski definition) is 3. The van der Waals surface area contributed by atoms with Gasteiger partial charge in [0.15, 0.2) is 11.7 Å². The average Bonchev–Trinajstić information content (AvgIpc) is 3.36. The van der Waals surface area contributed by atoms with Crippen molar-refractivity contribution in [3.05, 3.63) is 34.1 Å². The van der Waals surface area contributed by atoms with Crippen LogP contribution in [0.4, 0.5) is 5.00 Å². The Morgan fingerprint density at radius 2 is 2.30 bits per heavy atom. The van der Waals surface area contributed by atoms with Crippen LogP contribution in [0, 0.1) is 16.7 Å². The molecule has 174 valence electrons. The molecule has 1 saturated heterocycles. The number of nitrogens with zero attached hydrogens (tertiary/aromatic N) is 4. The second-order valence-corrected chi connectivity index (χ2v) is 10.1. The monoisotopic (exact) mass is 467 g/mol. The number of carbonyl (C=O) groups excluding carboxylic acids is 1. The molecule has 3 heterocycles. The number of aromatic nitrogens is 2. The highest BCUT2D eigenvalue weighted by molar-refractivity contribution is 7.16. The lowest BCUT2D eigenvalue weighted by Gasteiger charge is -2.32. The second kappa shape index (κ2) is 9.08. The van der Waals surface area contributed by atoms with Gasteiger partial charge in [-0.2, -0.15) is 10.2 Å². The highest BCUT2D eigenvalue weighted by Gasteiger charge is 2.43. The standard InChI is InChI=1S/C23H29N7O2S/c1-13(15-6-5-11-30(15)3)32-17-8-10-27-21(28-17)19(25)29-22(31)23(2)9-4-7-16-18(23)14(12-24)20(26)33-16/h8,10,13,15H,4-7,9,11,26H2,1-3H3,(H2,25,29,31)/t13-,15-,23-/m0/s1. The van der Waals surface area contributed by atoms with E-state index in [1.165, 1.54) is 17.5 Å². The molecule has 1 aliphatic heterocycles. The molecule has 0 saturated carbocycles. The van der Waals surface area contributed by atoms with Gasteiger partial charge in [0.05, 0.1) is 11.0 Å². The first kappa shape index (κ1) is 23.1. The predicted molar refractivity (Wildman–Crippen MR) is 126 cm³/mol. The summed E-state index contributed by atoms with van der Waals surface area (Å²) in [5.41, 5.74) is 6.15. The lowest BCUT2D eigenvalue weighted by Crippen LogP contribution is -2.47. The van der Waals surface area contributed by atoms with Crippen molar-refractivity contribution in [1.29, 1.82) is 10.7 Å². The van der Waals surface area contributed by atoms with Gasteiger partial charge < -0.3 is 15.8 Å². The molecule has 1 amide bonds. The number of hydrogen-bond acceptors (Lipinski definition) is 9. The number of nitriles is 1. The summed E-state index contributed by atoms with van der Waals surface area (Å²) in [5.74, 6) is -0.113. The van der Waals surface area contributed by atoms with E-state index in [4.69, 9.17) is 15.9 Å². The summed E-state index contributed by atoms with van der Waals surface area (Å²) in [6.07, 6.45) is 5.85. The molecule has 2 aromatic rings. The number of nitrogens with two attached hydrogens (primary N) is 1. The minimum Gasteiger partial charge on any atom is -0.473 e. The zero-order chi connectivity index (χ0) is 23.8. The molecule has 2 aliphatic rings. The van der Waals surface area contributed by atoms with E-state index in [1.54, 1.807) is 13.0 Å². The molecule has 0 unspecified atom stereocenters. The summed E-state index contributed by atoms with van der Waals surface area (Å²) in [4.78, 5) is 25.1. The number of ether oxygens (including phenoxy) is 1. The number of likely N-dealkylation sites (tertiary alicyclic amines) is 1. The van der Waals surface area contributed by atoms with E-state index >= 15 is 0 Å². The van der Waals surface area contributed by atoms with Gasteiger partial charge in [0.2, 0.25) is 11.8 Å². The Balaban J connectivity index is 1.50. The number of carbonyl (C=O) groups is 1. The molecule has 1 fully saturated rings. The van der Waals surface area contributed by atoms with Crippen molar-refractivity contribution in [2.45, 2.75) is 63.5 Å². The Labute approximate surface area is 197 Å². The van der Waals surface area contributed by atoms with Gasteiger partial charge in [0.25, 0.3) is 0 Å². The fraction of sp³-hybridized carbons (Fsp3) is 0.522. The van der Waals surface area contributed by atoms with E-state index in [0.29, 0.717) is 34.5 Å². The smallest absolute Gasteiger partial charge is 0.236 e. The summed E-state index contributed by atoms with van der Waals surface area (Å²) in [6.45, 7) is 4.87. The average molecular weight is 468 g/mol. The van der Waals surface area contributed by atoms with Gasteiger partial charge >= 0.3 is 0 Å². The first-order valence-corrected chi connectivity index (χ1v) is 12.0. The topological polar surface area (TPSA) is 141 Å². The summed E-state index contributed by atoms with van der Waals surface area (Å²) < 4.78 is 6.03. The van der Waals surface area contributed by atoms with Crippen molar-refractivity contribution in [3.8, 4) is 11.9 Å². The SMILES string of the molecule is C[C@H](Oc1ccnc(C(=N)NC(=O)[C@@]2(C)CCCc3sc(N)c(C#N)c32)n1)[C@@H]1CCCN1C. The third kappa shape index (κ3) is 4.30. The molecule has 1 aliphatic carbocycles.